The first kappa shape index (κ1) is 13.1. The van der Waals surface area contributed by atoms with Crippen molar-refractivity contribution in [3.63, 3.8) is 0 Å². The van der Waals surface area contributed by atoms with Crippen molar-refractivity contribution < 1.29 is 14.3 Å². The normalized spacial score (nSPS) is 19.6. The molecule has 2 aliphatic rings. The van der Waals surface area contributed by atoms with Crippen molar-refractivity contribution in [2.24, 2.45) is 0 Å². The van der Waals surface area contributed by atoms with E-state index in [0.29, 0.717) is 23.6 Å². The maximum atomic E-state index is 12.9. The van der Waals surface area contributed by atoms with Crippen LogP contribution in [-0.4, -0.2) is 45.2 Å². The Kier molecular flexibility index (Phi) is 3.17. The van der Waals surface area contributed by atoms with E-state index in [1.54, 1.807) is 16.9 Å². The molecule has 4 rings (SSSR count). The molecule has 0 aliphatic carbocycles. The SMILES string of the molecule is O=C(c1cccc2c1OCO2)N1CCC[C@H]1Cn1ccnn1. The van der Waals surface area contributed by atoms with Gasteiger partial charge in [-0.2, -0.15) is 0 Å². The third kappa shape index (κ3) is 2.18. The molecule has 1 aromatic carbocycles. The number of likely N-dealkylation sites (tertiary alicyclic amines) is 1. The van der Waals surface area contributed by atoms with Crippen LogP contribution in [0.15, 0.2) is 30.6 Å². The molecule has 0 radical (unpaired) electrons. The Morgan fingerprint density at radius 2 is 2.32 bits per heavy atom. The number of para-hydroxylation sites is 1. The molecule has 114 valence electrons. The number of fused-ring (bicyclic) bond motifs is 1. The summed E-state index contributed by atoms with van der Waals surface area (Å²) >= 11 is 0. The van der Waals surface area contributed by atoms with Gasteiger partial charge in [0, 0.05) is 12.7 Å². The van der Waals surface area contributed by atoms with Crippen LogP contribution in [0.25, 0.3) is 0 Å². The Balaban J connectivity index is 1.58. The molecule has 0 saturated carbocycles. The van der Waals surface area contributed by atoms with Crippen molar-refractivity contribution in [3.8, 4) is 11.5 Å². The largest absolute Gasteiger partial charge is 0.454 e. The highest BCUT2D eigenvalue weighted by Crippen LogP contribution is 2.36. The van der Waals surface area contributed by atoms with Crippen LogP contribution in [0.2, 0.25) is 0 Å². The van der Waals surface area contributed by atoms with Crippen LogP contribution in [-0.2, 0) is 6.54 Å². The zero-order valence-electron chi connectivity index (χ0n) is 12.0. The van der Waals surface area contributed by atoms with Crippen LogP contribution in [0, 0.1) is 0 Å². The lowest BCUT2D eigenvalue weighted by Crippen LogP contribution is -2.38. The maximum Gasteiger partial charge on any atom is 0.258 e. The van der Waals surface area contributed by atoms with Gasteiger partial charge in [0.1, 0.15) is 0 Å². The Labute approximate surface area is 127 Å². The molecule has 22 heavy (non-hydrogen) atoms. The smallest absolute Gasteiger partial charge is 0.258 e. The monoisotopic (exact) mass is 300 g/mol. The van der Waals surface area contributed by atoms with Gasteiger partial charge >= 0.3 is 0 Å². The molecular formula is C15H16N4O3. The summed E-state index contributed by atoms with van der Waals surface area (Å²) in [6, 6.07) is 5.56. The molecule has 2 aliphatic heterocycles. The highest BCUT2D eigenvalue weighted by atomic mass is 16.7. The Bertz CT molecular complexity index is 686. The van der Waals surface area contributed by atoms with Gasteiger partial charge in [-0.25, -0.2) is 0 Å². The van der Waals surface area contributed by atoms with Gasteiger partial charge in [-0.15, -0.1) is 5.10 Å². The van der Waals surface area contributed by atoms with Crippen LogP contribution in [0.1, 0.15) is 23.2 Å². The Morgan fingerprint density at radius 3 is 3.18 bits per heavy atom. The number of aromatic nitrogens is 3. The lowest BCUT2D eigenvalue weighted by Gasteiger charge is -2.25. The second-order valence-corrected chi connectivity index (χ2v) is 5.46. The lowest BCUT2D eigenvalue weighted by molar-refractivity contribution is 0.0716. The van der Waals surface area contributed by atoms with Crippen LogP contribution in [0.3, 0.4) is 0 Å². The van der Waals surface area contributed by atoms with Crippen molar-refractivity contribution in [2.75, 3.05) is 13.3 Å². The molecule has 1 amide bonds. The molecule has 0 unspecified atom stereocenters. The molecule has 1 fully saturated rings. The van der Waals surface area contributed by atoms with E-state index in [4.69, 9.17) is 9.47 Å². The van der Waals surface area contributed by atoms with E-state index in [-0.39, 0.29) is 18.7 Å². The van der Waals surface area contributed by atoms with Gasteiger partial charge in [-0.1, -0.05) is 11.3 Å². The van der Waals surface area contributed by atoms with Crippen LogP contribution >= 0.6 is 0 Å². The summed E-state index contributed by atoms with van der Waals surface area (Å²) in [5, 5.41) is 7.80. The van der Waals surface area contributed by atoms with Crippen LogP contribution in [0.5, 0.6) is 11.5 Å². The summed E-state index contributed by atoms with van der Waals surface area (Å²) in [6.07, 6.45) is 5.43. The number of rotatable bonds is 3. The third-order valence-corrected chi connectivity index (χ3v) is 4.13. The number of amides is 1. The fourth-order valence-corrected chi connectivity index (χ4v) is 3.09. The standard InChI is InChI=1S/C15H16N4O3/c20-15(12-4-1-5-13-14(12)22-10-21-13)19-7-2-3-11(19)9-18-8-6-16-17-18/h1,4-6,8,11H,2-3,7,9-10H2/t11-/m0/s1. The van der Waals surface area contributed by atoms with Crippen molar-refractivity contribution in [2.45, 2.75) is 25.4 Å². The highest BCUT2D eigenvalue weighted by Gasteiger charge is 2.33. The van der Waals surface area contributed by atoms with Crippen molar-refractivity contribution in [3.05, 3.63) is 36.2 Å². The molecule has 1 atom stereocenters. The quantitative estimate of drug-likeness (QED) is 0.855. The number of nitrogens with zero attached hydrogens (tertiary/aromatic N) is 4. The van der Waals surface area contributed by atoms with E-state index in [9.17, 15) is 4.79 Å². The molecule has 1 saturated heterocycles. The van der Waals surface area contributed by atoms with E-state index < -0.39 is 0 Å². The first-order valence-electron chi connectivity index (χ1n) is 7.36. The fourth-order valence-electron chi connectivity index (χ4n) is 3.09. The topological polar surface area (TPSA) is 69.5 Å². The Hall–Kier alpha value is -2.57. The summed E-state index contributed by atoms with van der Waals surface area (Å²) in [6.45, 7) is 1.59. The van der Waals surface area contributed by atoms with Crippen molar-refractivity contribution in [1.29, 1.82) is 0 Å². The number of hydrogen-bond donors (Lipinski definition) is 0. The molecule has 0 bridgehead atoms. The fraction of sp³-hybridized carbons (Fsp3) is 0.400. The predicted molar refractivity (Wildman–Crippen MR) is 76.6 cm³/mol. The van der Waals surface area contributed by atoms with E-state index in [2.05, 4.69) is 10.3 Å². The van der Waals surface area contributed by atoms with Crippen LogP contribution < -0.4 is 9.47 Å². The molecule has 2 aromatic rings. The lowest BCUT2D eigenvalue weighted by atomic mass is 10.1. The minimum absolute atomic E-state index is 0.00929. The summed E-state index contributed by atoms with van der Waals surface area (Å²) in [4.78, 5) is 14.8. The molecule has 0 N–H and O–H groups in total. The van der Waals surface area contributed by atoms with Gasteiger partial charge < -0.3 is 14.4 Å². The minimum Gasteiger partial charge on any atom is -0.454 e. The first-order valence-corrected chi connectivity index (χ1v) is 7.36. The van der Waals surface area contributed by atoms with E-state index >= 15 is 0 Å². The van der Waals surface area contributed by atoms with E-state index in [0.717, 1.165) is 19.4 Å². The molecule has 7 heteroatoms. The predicted octanol–water partition coefficient (Wildman–Crippen LogP) is 1.31. The molecule has 7 nitrogen and oxygen atoms in total. The van der Waals surface area contributed by atoms with E-state index in [1.165, 1.54) is 0 Å². The Morgan fingerprint density at radius 1 is 1.36 bits per heavy atom. The maximum absolute atomic E-state index is 12.9. The molecular weight excluding hydrogens is 284 g/mol. The van der Waals surface area contributed by atoms with Crippen molar-refractivity contribution in [1.82, 2.24) is 19.9 Å². The number of ether oxygens (including phenoxy) is 2. The summed E-state index contributed by atoms with van der Waals surface area (Å²) in [5.41, 5.74) is 0.570. The van der Waals surface area contributed by atoms with Crippen LogP contribution in [0.4, 0.5) is 0 Å². The molecule has 3 heterocycles. The average Bonchev–Trinajstić information content (AvgIpc) is 3.27. The van der Waals surface area contributed by atoms with E-state index in [1.807, 2.05) is 23.2 Å². The molecule has 0 spiro atoms. The minimum atomic E-state index is -0.00929. The summed E-state index contributed by atoms with van der Waals surface area (Å²) in [7, 11) is 0. The summed E-state index contributed by atoms with van der Waals surface area (Å²) < 4.78 is 12.6. The third-order valence-electron chi connectivity index (χ3n) is 4.13. The number of carbonyl (C=O) groups excluding carboxylic acids is 1. The van der Waals surface area contributed by atoms with Gasteiger partial charge in [0.05, 0.1) is 24.3 Å². The zero-order chi connectivity index (χ0) is 14.9. The second-order valence-electron chi connectivity index (χ2n) is 5.46. The first-order chi connectivity index (χ1) is 10.8. The molecule has 1 aromatic heterocycles. The summed E-state index contributed by atoms with van der Waals surface area (Å²) in [5.74, 6) is 1.18. The van der Waals surface area contributed by atoms with Gasteiger partial charge in [0.25, 0.3) is 5.91 Å². The zero-order valence-corrected chi connectivity index (χ0v) is 12.0. The van der Waals surface area contributed by atoms with Crippen molar-refractivity contribution >= 4 is 5.91 Å². The number of carbonyl (C=O) groups is 1. The number of benzene rings is 1. The van der Waals surface area contributed by atoms with Gasteiger partial charge in [-0.3, -0.25) is 9.48 Å². The number of hydrogen-bond acceptors (Lipinski definition) is 5. The highest BCUT2D eigenvalue weighted by molar-refractivity contribution is 5.98. The van der Waals surface area contributed by atoms with Gasteiger partial charge in [0.2, 0.25) is 6.79 Å². The van der Waals surface area contributed by atoms with Gasteiger partial charge in [0.15, 0.2) is 11.5 Å². The second kappa shape index (κ2) is 5.32. The average molecular weight is 300 g/mol. The van der Waals surface area contributed by atoms with Gasteiger partial charge in [-0.05, 0) is 25.0 Å².